The van der Waals surface area contributed by atoms with Gasteiger partial charge in [-0.1, -0.05) is 0 Å². The third-order valence-electron chi connectivity index (χ3n) is 2.65. The van der Waals surface area contributed by atoms with Crippen LogP contribution in [0.1, 0.15) is 0 Å². The Bertz CT molecular complexity index is 293. The van der Waals surface area contributed by atoms with E-state index in [1.165, 1.54) is 0 Å². The minimum absolute atomic E-state index is 0.420. The van der Waals surface area contributed by atoms with Crippen LogP contribution in [0.4, 0.5) is 0 Å². The van der Waals surface area contributed by atoms with E-state index in [0.29, 0.717) is 0 Å². The Morgan fingerprint density at radius 3 is 2.33 bits per heavy atom. The minimum atomic E-state index is -2.03. The first-order valence-corrected chi connectivity index (χ1v) is 7.69. The van der Waals surface area contributed by atoms with Gasteiger partial charge in [0.05, 0.1) is 0 Å². The third kappa shape index (κ3) is 1.59. The molecule has 15 heavy (non-hydrogen) atoms. The Morgan fingerprint density at radius 2 is 1.87 bits per heavy atom. The first kappa shape index (κ1) is 11.3. The molecule has 2 heterocycles. The van der Waals surface area contributed by atoms with Crippen LogP contribution in [0.2, 0.25) is 0 Å². The second-order valence-corrected chi connectivity index (χ2v) is 7.99. The van der Waals surface area contributed by atoms with Crippen molar-refractivity contribution < 1.29 is 25.2 Å². The molecule has 0 aliphatic carbocycles. The summed E-state index contributed by atoms with van der Waals surface area (Å²) < 4.78 is 3.29. The Morgan fingerprint density at radius 1 is 1.27 bits per heavy atom. The molecule has 0 aromatic rings. The van der Waals surface area contributed by atoms with E-state index in [0.717, 1.165) is 0 Å². The zero-order valence-electron chi connectivity index (χ0n) is 7.89. The molecule has 0 aromatic carbocycles. The van der Waals surface area contributed by atoms with Crippen molar-refractivity contribution in [3.63, 3.8) is 0 Å². The van der Waals surface area contributed by atoms with Crippen LogP contribution in [0.5, 0.6) is 0 Å². The molecule has 0 bridgehead atoms. The third-order valence-corrected chi connectivity index (χ3v) is 7.48. The maximum atomic E-state index is 10.3. The molecular weight excluding hydrogens is 267 g/mol. The predicted octanol–water partition coefficient (Wildman–Crippen LogP) is -2.24. The number of rotatable bonds is 2. The predicted molar refractivity (Wildman–Crippen MR) is 54.4 cm³/mol. The van der Waals surface area contributed by atoms with Crippen molar-refractivity contribution >= 4 is 13.9 Å². The summed E-state index contributed by atoms with van der Waals surface area (Å²) in [6, 6.07) is 0. The van der Waals surface area contributed by atoms with E-state index in [2.05, 4.69) is 0 Å². The normalized spacial score (nSPS) is 46.7. The molecule has 2 rings (SSSR count). The van der Waals surface area contributed by atoms with Crippen molar-refractivity contribution in [2.45, 2.75) is 23.0 Å². The zero-order chi connectivity index (χ0) is 11.1. The van der Waals surface area contributed by atoms with Crippen LogP contribution >= 0.6 is 0 Å². The molecule has 0 spiro atoms. The summed E-state index contributed by atoms with van der Waals surface area (Å²) in [4.78, 5) is 3.62. The molecule has 0 unspecified atom stereocenters. The number of hydrogen-bond acceptors (Lipinski definition) is 5. The zero-order valence-corrected chi connectivity index (χ0v) is 9.77. The Labute approximate surface area is 91.2 Å². The van der Waals surface area contributed by atoms with E-state index in [-0.39, 0.29) is 0 Å². The molecule has 6 heteroatoms. The second-order valence-electron chi connectivity index (χ2n) is 3.53. The first-order chi connectivity index (χ1) is 7.10. The summed E-state index contributed by atoms with van der Waals surface area (Å²) >= 11 is -2.03. The molecule has 1 saturated heterocycles. The number of hydrogen-bond donors (Lipinski definition) is 4. The SMILES string of the molecule is OC[C@H]1O[C@H](O)[C@@](O)([SeH]2C=CC=C2)[C@@H]1O. The Balaban J connectivity index is 2.26. The van der Waals surface area contributed by atoms with Gasteiger partial charge in [-0.15, -0.1) is 0 Å². The fourth-order valence-electron chi connectivity index (χ4n) is 1.76. The van der Waals surface area contributed by atoms with Gasteiger partial charge in [0.2, 0.25) is 0 Å². The number of ether oxygens (including phenoxy) is 1. The summed E-state index contributed by atoms with van der Waals surface area (Å²) in [5.74, 6) is 0. The van der Waals surface area contributed by atoms with E-state index in [4.69, 9.17) is 9.84 Å². The van der Waals surface area contributed by atoms with Crippen LogP contribution < -0.4 is 0 Å². The molecule has 4 atom stereocenters. The molecule has 0 aromatic heterocycles. The monoisotopic (exact) mass is 282 g/mol. The average Bonchev–Trinajstić information content (AvgIpc) is 2.82. The van der Waals surface area contributed by atoms with Gasteiger partial charge in [-0.05, 0) is 0 Å². The fraction of sp³-hybridized carbons (Fsp3) is 0.556. The molecular formula is C9H14O5Se. The van der Waals surface area contributed by atoms with Gasteiger partial charge in [-0.3, -0.25) is 0 Å². The van der Waals surface area contributed by atoms with E-state index < -0.39 is 43.5 Å². The summed E-state index contributed by atoms with van der Waals surface area (Å²) in [7, 11) is 0. The Hall–Kier alpha value is -0.201. The van der Waals surface area contributed by atoms with Crippen molar-refractivity contribution in [2.75, 3.05) is 6.61 Å². The molecule has 2 aliphatic heterocycles. The van der Waals surface area contributed by atoms with Crippen molar-refractivity contribution in [1.29, 1.82) is 0 Å². The second kappa shape index (κ2) is 3.99. The standard InChI is InChI=1S/C9H14O5Se/c10-5-6-7(11)9(13,8(12)14-6)15-3-1-2-4-15/h1-4,6-8,10-13,15H,5H2/t6-,7-,8+,9+/m1/s1. The summed E-state index contributed by atoms with van der Waals surface area (Å²) in [6.45, 7) is -0.420. The van der Waals surface area contributed by atoms with Gasteiger partial charge in [-0.25, -0.2) is 0 Å². The fourth-order valence-corrected chi connectivity index (χ4v) is 5.81. The van der Waals surface area contributed by atoms with Gasteiger partial charge >= 0.3 is 90.8 Å². The van der Waals surface area contributed by atoms with Gasteiger partial charge < -0.3 is 0 Å². The molecule has 1 fully saturated rings. The van der Waals surface area contributed by atoms with Crippen LogP contribution in [0.25, 0.3) is 0 Å². The van der Waals surface area contributed by atoms with Gasteiger partial charge in [0.25, 0.3) is 0 Å². The molecule has 4 N–H and O–H groups in total. The molecule has 0 amide bonds. The molecule has 0 saturated carbocycles. The quantitative estimate of drug-likeness (QED) is 0.430. The average molecular weight is 281 g/mol. The van der Waals surface area contributed by atoms with Crippen LogP contribution in [0, 0.1) is 0 Å². The Kier molecular flexibility index (Phi) is 3.00. The van der Waals surface area contributed by atoms with Crippen molar-refractivity contribution in [3.8, 4) is 0 Å². The van der Waals surface area contributed by atoms with Crippen molar-refractivity contribution in [3.05, 3.63) is 22.1 Å². The van der Waals surface area contributed by atoms with Gasteiger partial charge in [0, 0.05) is 0 Å². The van der Waals surface area contributed by atoms with Crippen molar-refractivity contribution in [1.82, 2.24) is 0 Å². The number of aliphatic hydroxyl groups excluding tert-OH is 3. The number of allylic oxidation sites excluding steroid dienone is 2. The van der Waals surface area contributed by atoms with E-state index in [1.807, 2.05) is 9.95 Å². The van der Waals surface area contributed by atoms with Gasteiger partial charge in [0.1, 0.15) is 0 Å². The van der Waals surface area contributed by atoms with Gasteiger partial charge in [-0.2, -0.15) is 0 Å². The first-order valence-electron chi connectivity index (χ1n) is 4.59. The maximum absolute atomic E-state index is 10.3. The van der Waals surface area contributed by atoms with E-state index in [9.17, 15) is 15.3 Å². The summed E-state index contributed by atoms with van der Waals surface area (Å²) in [5.41, 5.74) is 0. The molecule has 5 nitrogen and oxygen atoms in total. The van der Waals surface area contributed by atoms with Crippen LogP contribution in [-0.4, -0.2) is 63.9 Å². The van der Waals surface area contributed by atoms with Crippen LogP contribution in [0.15, 0.2) is 22.1 Å². The molecule has 2 aliphatic rings. The van der Waals surface area contributed by atoms with Crippen molar-refractivity contribution in [2.24, 2.45) is 0 Å². The number of aliphatic hydroxyl groups is 4. The van der Waals surface area contributed by atoms with Crippen LogP contribution in [-0.2, 0) is 4.74 Å². The topological polar surface area (TPSA) is 90.2 Å². The summed E-state index contributed by atoms with van der Waals surface area (Å²) in [6.07, 6.45) is -0.0309. The molecule has 86 valence electrons. The van der Waals surface area contributed by atoms with Gasteiger partial charge in [0.15, 0.2) is 0 Å². The molecule has 0 radical (unpaired) electrons. The summed E-state index contributed by atoms with van der Waals surface area (Å²) in [5, 5.41) is 38.6. The van der Waals surface area contributed by atoms with E-state index in [1.54, 1.807) is 12.2 Å². The van der Waals surface area contributed by atoms with E-state index >= 15 is 0 Å². The van der Waals surface area contributed by atoms with Crippen LogP contribution in [0.3, 0.4) is 0 Å².